The summed E-state index contributed by atoms with van der Waals surface area (Å²) in [4.78, 5) is 26.3. The molecule has 0 spiro atoms. The van der Waals surface area contributed by atoms with E-state index < -0.39 is 0 Å². The Labute approximate surface area is 184 Å². The highest BCUT2D eigenvalue weighted by Crippen LogP contribution is 2.25. The number of halogens is 2. The molecule has 0 saturated carbocycles. The molecule has 2 N–H and O–H groups in total. The average Bonchev–Trinajstić information content (AvgIpc) is 2.68. The molecule has 0 aromatic heterocycles. The highest BCUT2D eigenvalue weighted by molar-refractivity contribution is 8.00. The minimum Gasteiger partial charge on any atom is -0.353 e. The second-order valence-electron chi connectivity index (χ2n) is 6.01. The number of thioether (sulfide) groups is 2. The van der Waals surface area contributed by atoms with Crippen molar-refractivity contribution in [3.63, 3.8) is 0 Å². The molecule has 2 rings (SSSR count). The van der Waals surface area contributed by atoms with E-state index in [2.05, 4.69) is 10.6 Å². The molecule has 0 aliphatic heterocycles. The molecule has 28 heavy (non-hydrogen) atoms. The van der Waals surface area contributed by atoms with Crippen molar-refractivity contribution in [2.75, 3.05) is 13.1 Å². The molecule has 150 valence electrons. The lowest BCUT2D eigenvalue weighted by atomic mass is 10.4. The zero-order chi connectivity index (χ0) is 20.5. The molecular formula is C20H22Cl2N2O2S2. The molecule has 0 aliphatic carbocycles. The number of carbonyl (C=O) groups excluding carboxylic acids is 2. The highest BCUT2D eigenvalue weighted by Gasteiger charge is 2.16. The second kappa shape index (κ2) is 11.6. The Kier molecular flexibility index (Phi) is 9.51. The maximum Gasteiger partial charge on any atom is 0.233 e. The summed E-state index contributed by atoms with van der Waals surface area (Å²) >= 11 is 14.7. The van der Waals surface area contributed by atoms with Crippen LogP contribution in [0.1, 0.15) is 13.8 Å². The number of hydrogen-bond donors (Lipinski definition) is 2. The molecule has 0 unspecified atom stereocenters. The molecule has 2 atom stereocenters. The lowest BCUT2D eigenvalue weighted by molar-refractivity contribution is -0.122. The fourth-order valence-electron chi connectivity index (χ4n) is 2.20. The van der Waals surface area contributed by atoms with Gasteiger partial charge in [-0.05, 0) is 62.4 Å². The predicted octanol–water partition coefficient (Wildman–Crippen LogP) is 4.89. The van der Waals surface area contributed by atoms with Gasteiger partial charge >= 0.3 is 0 Å². The Hall–Kier alpha value is -1.34. The van der Waals surface area contributed by atoms with Gasteiger partial charge in [0, 0.05) is 32.9 Å². The van der Waals surface area contributed by atoms with Crippen LogP contribution >= 0.6 is 46.7 Å². The number of hydrogen-bond acceptors (Lipinski definition) is 4. The van der Waals surface area contributed by atoms with E-state index in [0.717, 1.165) is 9.79 Å². The Balaban J connectivity index is 1.66. The minimum atomic E-state index is -0.240. The van der Waals surface area contributed by atoms with E-state index in [4.69, 9.17) is 23.2 Å². The van der Waals surface area contributed by atoms with Crippen LogP contribution < -0.4 is 10.6 Å². The van der Waals surface area contributed by atoms with Crippen LogP contribution in [0.2, 0.25) is 10.0 Å². The lowest BCUT2D eigenvalue weighted by Crippen LogP contribution is -2.39. The Morgan fingerprint density at radius 1 is 0.750 bits per heavy atom. The first kappa shape index (κ1) is 22.9. The molecule has 0 radical (unpaired) electrons. The van der Waals surface area contributed by atoms with Gasteiger partial charge in [0.1, 0.15) is 0 Å². The zero-order valence-electron chi connectivity index (χ0n) is 15.6. The average molecular weight is 457 g/mol. The van der Waals surface area contributed by atoms with Gasteiger partial charge in [0.15, 0.2) is 0 Å². The van der Waals surface area contributed by atoms with Crippen LogP contribution in [0.15, 0.2) is 58.3 Å². The topological polar surface area (TPSA) is 58.2 Å². The van der Waals surface area contributed by atoms with Crippen molar-refractivity contribution in [2.45, 2.75) is 34.1 Å². The Bertz CT molecular complexity index is 718. The van der Waals surface area contributed by atoms with Crippen LogP contribution in [0.5, 0.6) is 0 Å². The molecule has 0 heterocycles. The van der Waals surface area contributed by atoms with Crippen LogP contribution in [-0.4, -0.2) is 35.4 Å². The molecule has 2 aromatic carbocycles. The number of carbonyl (C=O) groups is 2. The maximum atomic E-state index is 12.2. The number of nitrogens with one attached hydrogen (secondary N) is 2. The first-order valence-electron chi connectivity index (χ1n) is 8.75. The summed E-state index contributed by atoms with van der Waals surface area (Å²) in [6.07, 6.45) is 0. The third-order valence-corrected chi connectivity index (χ3v) is 6.44. The van der Waals surface area contributed by atoms with E-state index in [1.807, 2.05) is 38.1 Å². The van der Waals surface area contributed by atoms with Gasteiger partial charge in [0.25, 0.3) is 0 Å². The van der Waals surface area contributed by atoms with Crippen molar-refractivity contribution >= 4 is 58.5 Å². The molecule has 2 aromatic rings. The van der Waals surface area contributed by atoms with E-state index in [1.165, 1.54) is 23.5 Å². The van der Waals surface area contributed by atoms with E-state index in [1.54, 1.807) is 24.3 Å². The van der Waals surface area contributed by atoms with Gasteiger partial charge in [-0.25, -0.2) is 0 Å². The van der Waals surface area contributed by atoms with Crippen LogP contribution in [0.4, 0.5) is 0 Å². The fraction of sp³-hybridized carbons (Fsp3) is 0.300. The molecule has 4 nitrogen and oxygen atoms in total. The van der Waals surface area contributed by atoms with E-state index in [-0.39, 0.29) is 22.3 Å². The monoisotopic (exact) mass is 456 g/mol. The van der Waals surface area contributed by atoms with Crippen molar-refractivity contribution in [3.05, 3.63) is 58.6 Å². The minimum absolute atomic E-state index is 0.0715. The maximum absolute atomic E-state index is 12.2. The molecule has 0 fully saturated rings. The van der Waals surface area contributed by atoms with Gasteiger partial charge in [0.2, 0.25) is 11.8 Å². The second-order valence-corrected chi connectivity index (χ2v) is 9.71. The van der Waals surface area contributed by atoms with Gasteiger partial charge in [-0.3, -0.25) is 9.59 Å². The first-order valence-corrected chi connectivity index (χ1v) is 11.3. The summed E-state index contributed by atoms with van der Waals surface area (Å²) in [5, 5.41) is 6.54. The normalized spacial score (nSPS) is 12.9. The van der Waals surface area contributed by atoms with Crippen LogP contribution in [0, 0.1) is 0 Å². The van der Waals surface area contributed by atoms with Crippen molar-refractivity contribution in [1.29, 1.82) is 0 Å². The van der Waals surface area contributed by atoms with Gasteiger partial charge in [-0.2, -0.15) is 0 Å². The molecule has 0 aliphatic rings. The summed E-state index contributed by atoms with van der Waals surface area (Å²) in [5.41, 5.74) is 0. The molecule has 8 heteroatoms. The molecular weight excluding hydrogens is 435 g/mol. The van der Waals surface area contributed by atoms with E-state index >= 15 is 0 Å². The predicted molar refractivity (Wildman–Crippen MR) is 120 cm³/mol. The summed E-state index contributed by atoms with van der Waals surface area (Å²) < 4.78 is 0. The summed E-state index contributed by atoms with van der Waals surface area (Å²) in [6, 6.07) is 14.7. The molecule has 0 bridgehead atoms. The SMILES string of the molecule is C[C@H](Sc1ccc(Cl)cc1)C(=O)NCCNC(=O)[C@H](C)Sc1ccc(Cl)cc1. The van der Waals surface area contributed by atoms with Crippen molar-refractivity contribution < 1.29 is 9.59 Å². The standard InChI is InChI=1S/C20H22Cl2N2O2S2/c1-13(27-17-7-3-15(21)4-8-17)19(25)23-11-12-24-20(26)14(2)28-18-9-5-16(22)6-10-18/h3-10,13-14H,11-12H2,1-2H3,(H,23,25)(H,24,26)/t13-,14-/m0/s1. The third kappa shape index (κ3) is 7.95. The number of rotatable bonds is 9. The highest BCUT2D eigenvalue weighted by atomic mass is 35.5. The fourth-order valence-corrected chi connectivity index (χ4v) is 4.24. The zero-order valence-corrected chi connectivity index (χ0v) is 18.7. The van der Waals surface area contributed by atoms with Crippen molar-refractivity contribution in [2.24, 2.45) is 0 Å². The number of benzene rings is 2. The van der Waals surface area contributed by atoms with Crippen molar-refractivity contribution in [3.8, 4) is 0 Å². The quantitative estimate of drug-likeness (QED) is 0.416. The Morgan fingerprint density at radius 2 is 1.07 bits per heavy atom. The smallest absolute Gasteiger partial charge is 0.233 e. The van der Waals surface area contributed by atoms with Gasteiger partial charge in [-0.1, -0.05) is 23.2 Å². The van der Waals surface area contributed by atoms with Gasteiger partial charge < -0.3 is 10.6 Å². The Morgan fingerprint density at radius 3 is 1.39 bits per heavy atom. The summed E-state index contributed by atoms with van der Waals surface area (Å²) in [5.74, 6) is -0.143. The molecule has 0 saturated heterocycles. The molecule has 2 amide bonds. The van der Waals surface area contributed by atoms with Gasteiger partial charge in [0.05, 0.1) is 10.5 Å². The summed E-state index contributed by atoms with van der Waals surface area (Å²) in [6.45, 7) is 4.46. The van der Waals surface area contributed by atoms with E-state index in [9.17, 15) is 9.59 Å². The van der Waals surface area contributed by atoms with Crippen molar-refractivity contribution in [1.82, 2.24) is 10.6 Å². The summed E-state index contributed by atoms with van der Waals surface area (Å²) in [7, 11) is 0. The van der Waals surface area contributed by atoms with Gasteiger partial charge in [-0.15, -0.1) is 23.5 Å². The number of amides is 2. The van der Waals surface area contributed by atoms with Crippen LogP contribution in [-0.2, 0) is 9.59 Å². The van der Waals surface area contributed by atoms with Crippen LogP contribution in [0.3, 0.4) is 0 Å². The largest absolute Gasteiger partial charge is 0.353 e. The first-order chi connectivity index (χ1) is 13.3. The third-order valence-electron chi connectivity index (χ3n) is 3.71. The lowest BCUT2D eigenvalue weighted by Gasteiger charge is -2.14. The van der Waals surface area contributed by atoms with E-state index in [0.29, 0.717) is 23.1 Å². The van der Waals surface area contributed by atoms with Crippen LogP contribution in [0.25, 0.3) is 0 Å².